The van der Waals surface area contributed by atoms with Gasteiger partial charge in [0.1, 0.15) is 0 Å². The molecule has 2 nitrogen and oxygen atoms in total. The first-order valence-corrected chi connectivity index (χ1v) is 5.62. The molecule has 0 aliphatic rings. The average molecular weight is 220 g/mol. The third kappa shape index (κ3) is 1.89. The van der Waals surface area contributed by atoms with Gasteiger partial charge in [0.2, 0.25) is 0 Å². The highest BCUT2D eigenvalue weighted by Gasteiger charge is 2.01. The lowest BCUT2D eigenvalue weighted by Crippen LogP contribution is -1.87. The minimum Gasteiger partial charge on any atom is -0.237 e. The zero-order valence-electron chi connectivity index (χ0n) is 9.59. The van der Waals surface area contributed by atoms with Crippen LogP contribution < -0.4 is 0 Å². The van der Waals surface area contributed by atoms with E-state index in [-0.39, 0.29) is 0 Å². The number of benzene rings is 1. The van der Waals surface area contributed by atoms with E-state index in [1.165, 1.54) is 5.56 Å². The Morgan fingerprint density at radius 1 is 0.882 bits per heavy atom. The molecule has 0 aliphatic carbocycles. The van der Waals surface area contributed by atoms with Crippen LogP contribution in [0, 0.1) is 6.92 Å². The smallest absolute Gasteiger partial charge is 0.159 e. The minimum absolute atomic E-state index is 0.797. The molecule has 0 fully saturated rings. The summed E-state index contributed by atoms with van der Waals surface area (Å²) >= 11 is 0. The SMILES string of the molecule is Cc1ccc(-c2ccc3cccnc3n2)cc1. The molecule has 1 aromatic carbocycles. The fourth-order valence-electron chi connectivity index (χ4n) is 1.84. The Labute approximate surface area is 100.0 Å². The van der Waals surface area contributed by atoms with E-state index in [1.54, 1.807) is 6.20 Å². The molecule has 82 valence electrons. The summed E-state index contributed by atoms with van der Waals surface area (Å²) in [5, 5.41) is 1.07. The monoisotopic (exact) mass is 220 g/mol. The van der Waals surface area contributed by atoms with Crippen LogP contribution in [-0.2, 0) is 0 Å². The number of pyridine rings is 2. The third-order valence-corrected chi connectivity index (χ3v) is 2.81. The van der Waals surface area contributed by atoms with Crippen molar-refractivity contribution in [2.24, 2.45) is 0 Å². The molecular weight excluding hydrogens is 208 g/mol. The highest BCUT2D eigenvalue weighted by atomic mass is 14.8. The first-order chi connectivity index (χ1) is 8.33. The van der Waals surface area contributed by atoms with Crippen LogP contribution in [0.3, 0.4) is 0 Å². The molecule has 2 heteroatoms. The Kier molecular flexibility index (Phi) is 2.33. The highest BCUT2D eigenvalue weighted by molar-refractivity contribution is 5.77. The van der Waals surface area contributed by atoms with Crippen molar-refractivity contribution in [1.82, 2.24) is 9.97 Å². The quantitative estimate of drug-likeness (QED) is 0.626. The molecule has 0 saturated carbocycles. The van der Waals surface area contributed by atoms with Gasteiger partial charge in [-0.1, -0.05) is 29.8 Å². The molecule has 17 heavy (non-hydrogen) atoms. The van der Waals surface area contributed by atoms with Crippen molar-refractivity contribution in [2.45, 2.75) is 6.92 Å². The summed E-state index contributed by atoms with van der Waals surface area (Å²) in [4.78, 5) is 8.84. The van der Waals surface area contributed by atoms with Crippen LogP contribution in [-0.4, -0.2) is 9.97 Å². The van der Waals surface area contributed by atoms with E-state index in [4.69, 9.17) is 0 Å². The molecule has 3 aromatic rings. The number of nitrogens with zero attached hydrogens (tertiary/aromatic N) is 2. The van der Waals surface area contributed by atoms with E-state index in [0.717, 1.165) is 22.3 Å². The summed E-state index contributed by atoms with van der Waals surface area (Å²) < 4.78 is 0. The van der Waals surface area contributed by atoms with E-state index in [0.29, 0.717) is 0 Å². The maximum atomic E-state index is 4.56. The normalized spacial score (nSPS) is 10.6. The summed E-state index contributed by atoms with van der Waals surface area (Å²) in [7, 11) is 0. The maximum Gasteiger partial charge on any atom is 0.159 e. The second kappa shape index (κ2) is 3.98. The Bertz CT molecular complexity index is 657. The maximum absolute atomic E-state index is 4.56. The molecule has 3 rings (SSSR count). The molecule has 0 N–H and O–H groups in total. The largest absolute Gasteiger partial charge is 0.237 e. The number of rotatable bonds is 1. The van der Waals surface area contributed by atoms with Crippen molar-refractivity contribution in [1.29, 1.82) is 0 Å². The molecule has 0 bridgehead atoms. The van der Waals surface area contributed by atoms with Gasteiger partial charge in [-0.2, -0.15) is 0 Å². The lowest BCUT2D eigenvalue weighted by molar-refractivity contribution is 1.29. The van der Waals surface area contributed by atoms with E-state index in [9.17, 15) is 0 Å². The molecule has 2 heterocycles. The van der Waals surface area contributed by atoms with Gasteiger partial charge in [-0.15, -0.1) is 0 Å². The zero-order valence-corrected chi connectivity index (χ0v) is 9.59. The van der Waals surface area contributed by atoms with Gasteiger partial charge in [0.05, 0.1) is 5.69 Å². The van der Waals surface area contributed by atoms with Crippen LogP contribution in [0.2, 0.25) is 0 Å². The van der Waals surface area contributed by atoms with Gasteiger partial charge in [0.15, 0.2) is 5.65 Å². The van der Waals surface area contributed by atoms with Crippen LogP contribution in [0.1, 0.15) is 5.56 Å². The number of hydrogen-bond acceptors (Lipinski definition) is 2. The third-order valence-electron chi connectivity index (χ3n) is 2.81. The molecule has 0 spiro atoms. The number of fused-ring (bicyclic) bond motifs is 1. The molecule has 2 aromatic heterocycles. The number of aryl methyl sites for hydroxylation is 1. The van der Waals surface area contributed by atoms with Crippen molar-refractivity contribution in [3.63, 3.8) is 0 Å². The van der Waals surface area contributed by atoms with E-state index >= 15 is 0 Å². The van der Waals surface area contributed by atoms with Gasteiger partial charge >= 0.3 is 0 Å². The summed E-state index contributed by atoms with van der Waals surface area (Å²) in [6.07, 6.45) is 1.77. The molecule has 0 radical (unpaired) electrons. The van der Waals surface area contributed by atoms with Crippen molar-refractivity contribution in [3.8, 4) is 11.3 Å². The van der Waals surface area contributed by atoms with Crippen LogP contribution in [0.4, 0.5) is 0 Å². The second-order valence-corrected chi connectivity index (χ2v) is 4.11. The zero-order chi connectivity index (χ0) is 11.7. The van der Waals surface area contributed by atoms with Crippen LogP contribution >= 0.6 is 0 Å². The standard InChI is InChI=1S/C15H12N2/c1-11-4-6-12(7-5-11)14-9-8-13-3-2-10-16-15(13)17-14/h2-10H,1H3. The summed E-state index contributed by atoms with van der Waals surface area (Å²) in [6.45, 7) is 2.08. The van der Waals surface area contributed by atoms with Crippen molar-refractivity contribution >= 4 is 11.0 Å². The van der Waals surface area contributed by atoms with E-state index < -0.39 is 0 Å². The van der Waals surface area contributed by atoms with Crippen molar-refractivity contribution in [3.05, 3.63) is 60.3 Å². The highest BCUT2D eigenvalue weighted by Crippen LogP contribution is 2.20. The lowest BCUT2D eigenvalue weighted by atomic mass is 10.1. The Morgan fingerprint density at radius 2 is 1.71 bits per heavy atom. The summed E-state index contributed by atoms with van der Waals surface area (Å²) in [6, 6.07) is 16.4. The summed E-state index contributed by atoms with van der Waals surface area (Å²) in [5.74, 6) is 0. The first-order valence-electron chi connectivity index (χ1n) is 5.62. The van der Waals surface area contributed by atoms with Gasteiger partial charge in [-0.3, -0.25) is 0 Å². The Balaban J connectivity index is 2.14. The summed E-state index contributed by atoms with van der Waals surface area (Å²) in [5.41, 5.74) is 4.15. The van der Waals surface area contributed by atoms with Crippen LogP contribution in [0.15, 0.2) is 54.7 Å². The van der Waals surface area contributed by atoms with E-state index in [1.807, 2.05) is 18.2 Å². The predicted octanol–water partition coefficient (Wildman–Crippen LogP) is 3.61. The molecule has 0 aliphatic heterocycles. The molecular formula is C15H12N2. The fourth-order valence-corrected chi connectivity index (χ4v) is 1.84. The first kappa shape index (κ1) is 9.97. The fraction of sp³-hybridized carbons (Fsp3) is 0.0667. The van der Waals surface area contributed by atoms with Crippen molar-refractivity contribution < 1.29 is 0 Å². The van der Waals surface area contributed by atoms with Gasteiger partial charge in [-0.05, 0) is 31.2 Å². The number of hydrogen-bond donors (Lipinski definition) is 0. The second-order valence-electron chi connectivity index (χ2n) is 4.11. The van der Waals surface area contributed by atoms with Gasteiger partial charge in [0, 0.05) is 17.1 Å². The van der Waals surface area contributed by atoms with Gasteiger partial charge in [-0.25, -0.2) is 9.97 Å². The Hall–Kier alpha value is -2.22. The average Bonchev–Trinajstić information content (AvgIpc) is 2.39. The molecule has 0 unspecified atom stereocenters. The molecule has 0 amide bonds. The van der Waals surface area contributed by atoms with Gasteiger partial charge < -0.3 is 0 Å². The predicted molar refractivity (Wildman–Crippen MR) is 69.7 cm³/mol. The lowest BCUT2D eigenvalue weighted by Gasteiger charge is -2.02. The van der Waals surface area contributed by atoms with Crippen molar-refractivity contribution in [2.75, 3.05) is 0 Å². The van der Waals surface area contributed by atoms with Gasteiger partial charge in [0.25, 0.3) is 0 Å². The Morgan fingerprint density at radius 3 is 2.53 bits per heavy atom. The van der Waals surface area contributed by atoms with Crippen LogP contribution in [0.5, 0.6) is 0 Å². The molecule has 0 saturated heterocycles. The van der Waals surface area contributed by atoms with Crippen LogP contribution in [0.25, 0.3) is 22.3 Å². The van der Waals surface area contributed by atoms with E-state index in [2.05, 4.69) is 47.2 Å². The molecule has 0 atom stereocenters. The number of aromatic nitrogens is 2. The topological polar surface area (TPSA) is 25.8 Å². The minimum atomic E-state index is 0.797.